The van der Waals surface area contributed by atoms with Crippen molar-refractivity contribution in [1.82, 2.24) is 0 Å². The van der Waals surface area contributed by atoms with Crippen LogP contribution in [0.15, 0.2) is 0 Å². The summed E-state index contributed by atoms with van der Waals surface area (Å²) < 4.78 is 15.8. The molecule has 0 spiro atoms. The Morgan fingerprint density at radius 2 is 2.17 bits per heavy atom. The maximum Gasteiger partial charge on any atom is 0.341 e. The van der Waals surface area contributed by atoms with Gasteiger partial charge in [0.1, 0.15) is 11.1 Å². The van der Waals surface area contributed by atoms with Crippen molar-refractivity contribution in [2.75, 3.05) is 25.6 Å². The highest BCUT2D eigenvalue weighted by Gasteiger charge is 2.24. The Morgan fingerprint density at radius 3 is 2.78 bits per heavy atom. The van der Waals surface area contributed by atoms with E-state index in [1.807, 2.05) is 13.8 Å². The lowest BCUT2D eigenvalue weighted by molar-refractivity contribution is -0.128. The van der Waals surface area contributed by atoms with Gasteiger partial charge in [0.15, 0.2) is 0 Å². The monoisotopic (exact) mass is 341 g/mol. The molecule has 1 amide bonds. The van der Waals surface area contributed by atoms with Crippen molar-refractivity contribution in [3.05, 3.63) is 16.0 Å². The van der Waals surface area contributed by atoms with E-state index in [9.17, 15) is 9.59 Å². The summed E-state index contributed by atoms with van der Waals surface area (Å²) in [4.78, 5) is 25.1. The quantitative estimate of drug-likeness (QED) is 0.805. The fourth-order valence-corrected chi connectivity index (χ4v) is 3.43. The normalized spacial score (nSPS) is 18.7. The zero-order chi connectivity index (χ0) is 17.0. The highest BCUT2D eigenvalue weighted by Crippen LogP contribution is 2.33. The van der Waals surface area contributed by atoms with Crippen LogP contribution in [-0.2, 0) is 19.0 Å². The van der Waals surface area contributed by atoms with Gasteiger partial charge in [0.25, 0.3) is 5.91 Å². The van der Waals surface area contributed by atoms with Crippen LogP contribution in [0.5, 0.6) is 0 Å². The molecular weight excluding hydrogens is 318 g/mol. The van der Waals surface area contributed by atoms with Crippen LogP contribution in [0.2, 0.25) is 0 Å². The molecule has 1 fully saturated rings. The van der Waals surface area contributed by atoms with Gasteiger partial charge in [-0.25, -0.2) is 4.79 Å². The van der Waals surface area contributed by atoms with Crippen molar-refractivity contribution in [2.45, 2.75) is 45.8 Å². The predicted octanol–water partition coefficient (Wildman–Crippen LogP) is 2.67. The van der Waals surface area contributed by atoms with Crippen LogP contribution in [-0.4, -0.2) is 44.4 Å². The first kappa shape index (κ1) is 17.9. The molecule has 2 unspecified atom stereocenters. The molecule has 0 aliphatic carbocycles. The third-order valence-corrected chi connectivity index (χ3v) is 5.06. The molecule has 0 radical (unpaired) electrons. The van der Waals surface area contributed by atoms with Gasteiger partial charge in [0, 0.05) is 11.5 Å². The van der Waals surface area contributed by atoms with Crippen molar-refractivity contribution in [3.8, 4) is 0 Å². The molecule has 2 heterocycles. The van der Waals surface area contributed by atoms with Gasteiger partial charge in [0.05, 0.1) is 25.4 Å². The number of thiophene rings is 1. The first-order valence-corrected chi connectivity index (χ1v) is 8.48. The molecule has 2 rings (SSSR count). The summed E-state index contributed by atoms with van der Waals surface area (Å²) in [6.07, 6.45) is 1.45. The summed E-state index contributed by atoms with van der Waals surface area (Å²) in [5, 5.41) is 3.28. The number of hydrogen-bond donors (Lipinski definition) is 1. The molecule has 0 saturated carbocycles. The second-order valence-electron chi connectivity index (χ2n) is 5.58. The maximum absolute atomic E-state index is 12.3. The SMILES string of the molecule is COC(=O)c1c(NC(=O)C(C)OCC2CCCO2)sc(C)c1C. The van der Waals surface area contributed by atoms with Gasteiger partial charge in [-0.15, -0.1) is 11.3 Å². The molecule has 1 aliphatic heterocycles. The van der Waals surface area contributed by atoms with E-state index in [0.717, 1.165) is 29.9 Å². The molecular formula is C16H23NO5S. The Bertz CT molecular complexity index is 577. The van der Waals surface area contributed by atoms with Crippen LogP contribution in [0.1, 0.15) is 40.6 Å². The maximum atomic E-state index is 12.3. The number of carbonyl (C=O) groups is 2. The van der Waals surface area contributed by atoms with Crippen molar-refractivity contribution in [2.24, 2.45) is 0 Å². The zero-order valence-electron chi connectivity index (χ0n) is 13.9. The summed E-state index contributed by atoms with van der Waals surface area (Å²) in [6, 6.07) is 0. The Hall–Kier alpha value is -1.44. The first-order chi connectivity index (χ1) is 10.9. The Kier molecular flexibility index (Phi) is 6.15. The predicted molar refractivity (Wildman–Crippen MR) is 88.2 cm³/mol. The largest absolute Gasteiger partial charge is 0.465 e. The minimum absolute atomic E-state index is 0.0714. The molecule has 7 heteroatoms. The summed E-state index contributed by atoms with van der Waals surface area (Å²) >= 11 is 1.36. The highest BCUT2D eigenvalue weighted by molar-refractivity contribution is 7.16. The number of methoxy groups -OCH3 is 1. The van der Waals surface area contributed by atoms with Gasteiger partial charge in [-0.05, 0) is 39.2 Å². The van der Waals surface area contributed by atoms with Crippen molar-refractivity contribution >= 4 is 28.2 Å². The molecule has 128 valence electrons. The standard InChI is InChI=1S/C16H23NO5S/c1-9-11(3)23-15(13(9)16(19)20-4)17-14(18)10(2)22-8-12-6-5-7-21-12/h10,12H,5-8H2,1-4H3,(H,17,18). The number of anilines is 1. The molecule has 6 nitrogen and oxygen atoms in total. The van der Waals surface area contributed by atoms with E-state index in [-0.39, 0.29) is 12.0 Å². The number of carbonyl (C=O) groups excluding carboxylic acids is 2. The van der Waals surface area contributed by atoms with E-state index < -0.39 is 12.1 Å². The Labute approximate surface area is 140 Å². The average molecular weight is 341 g/mol. The van der Waals surface area contributed by atoms with E-state index >= 15 is 0 Å². The van der Waals surface area contributed by atoms with E-state index in [1.54, 1.807) is 6.92 Å². The first-order valence-electron chi connectivity index (χ1n) is 7.66. The van der Waals surface area contributed by atoms with Crippen LogP contribution in [0, 0.1) is 13.8 Å². The second kappa shape index (κ2) is 7.90. The lowest BCUT2D eigenvalue weighted by Gasteiger charge is -2.16. The van der Waals surface area contributed by atoms with Crippen molar-refractivity contribution in [3.63, 3.8) is 0 Å². The van der Waals surface area contributed by atoms with E-state index in [2.05, 4.69) is 5.32 Å². The molecule has 1 saturated heterocycles. The van der Waals surface area contributed by atoms with Gasteiger partial charge in [-0.1, -0.05) is 0 Å². The van der Waals surface area contributed by atoms with Gasteiger partial charge in [-0.3, -0.25) is 4.79 Å². The summed E-state index contributed by atoms with van der Waals surface area (Å²) in [5.41, 5.74) is 1.24. The van der Waals surface area contributed by atoms with E-state index in [1.165, 1.54) is 18.4 Å². The average Bonchev–Trinajstić information content (AvgIpc) is 3.13. The number of aryl methyl sites for hydroxylation is 1. The Morgan fingerprint density at radius 1 is 1.43 bits per heavy atom. The lowest BCUT2D eigenvalue weighted by Crippen LogP contribution is -2.30. The van der Waals surface area contributed by atoms with Gasteiger partial charge >= 0.3 is 5.97 Å². The molecule has 23 heavy (non-hydrogen) atoms. The zero-order valence-corrected chi connectivity index (χ0v) is 14.7. The molecule has 2 atom stereocenters. The van der Waals surface area contributed by atoms with Gasteiger partial charge in [-0.2, -0.15) is 0 Å². The second-order valence-corrected chi connectivity index (χ2v) is 6.80. The molecule has 1 aliphatic rings. The fourth-order valence-electron chi connectivity index (χ4n) is 2.38. The topological polar surface area (TPSA) is 73.9 Å². The van der Waals surface area contributed by atoms with Crippen molar-refractivity contribution < 1.29 is 23.8 Å². The number of hydrogen-bond acceptors (Lipinski definition) is 6. The number of amides is 1. The Balaban J connectivity index is 1.98. The third kappa shape index (κ3) is 4.31. The van der Waals surface area contributed by atoms with Crippen LogP contribution in [0.25, 0.3) is 0 Å². The smallest absolute Gasteiger partial charge is 0.341 e. The third-order valence-electron chi connectivity index (χ3n) is 3.94. The van der Waals surface area contributed by atoms with E-state index in [4.69, 9.17) is 14.2 Å². The van der Waals surface area contributed by atoms with Gasteiger partial charge in [0.2, 0.25) is 0 Å². The lowest BCUT2D eigenvalue weighted by atomic mass is 10.1. The summed E-state index contributed by atoms with van der Waals surface area (Å²) in [7, 11) is 1.33. The number of nitrogens with one attached hydrogen (secondary N) is 1. The number of esters is 1. The molecule has 0 aromatic carbocycles. The molecule has 0 bridgehead atoms. The number of rotatable bonds is 6. The van der Waals surface area contributed by atoms with Crippen LogP contribution >= 0.6 is 11.3 Å². The van der Waals surface area contributed by atoms with E-state index in [0.29, 0.717) is 17.2 Å². The summed E-state index contributed by atoms with van der Waals surface area (Å²) in [5.74, 6) is -0.732. The fraction of sp³-hybridized carbons (Fsp3) is 0.625. The minimum atomic E-state index is -0.618. The van der Waals surface area contributed by atoms with Crippen LogP contribution in [0.3, 0.4) is 0 Å². The van der Waals surface area contributed by atoms with Gasteiger partial charge < -0.3 is 19.5 Å². The molecule has 1 aromatic heterocycles. The van der Waals surface area contributed by atoms with Crippen molar-refractivity contribution in [1.29, 1.82) is 0 Å². The summed E-state index contributed by atoms with van der Waals surface area (Å²) in [6.45, 7) is 6.59. The highest BCUT2D eigenvalue weighted by atomic mass is 32.1. The molecule has 1 aromatic rings. The number of ether oxygens (including phenoxy) is 3. The minimum Gasteiger partial charge on any atom is -0.465 e. The van der Waals surface area contributed by atoms with Crippen LogP contribution in [0.4, 0.5) is 5.00 Å². The molecule has 1 N–H and O–H groups in total. The van der Waals surface area contributed by atoms with Crippen LogP contribution < -0.4 is 5.32 Å².